The van der Waals surface area contributed by atoms with Crippen molar-refractivity contribution in [3.8, 4) is 0 Å². The lowest BCUT2D eigenvalue weighted by Gasteiger charge is -2.19. The second-order valence-corrected chi connectivity index (χ2v) is 3.28. The molecule has 7 heteroatoms. The predicted octanol–water partition coefficient (Wildman–Crippen LogP) is 2.55. The van der Waals surface area contributed by atoms with Crippen LogP contribution in [0.15, 0.2) is 18.2 Å². The Hall–Kier alpha value is -0.850. The Labute approximate surface area is 88.0 Å². The van der Waals surface area contributed by atoms with Crippen molar-refractivity contribution in [3.63, 3.8) is 0 Å². The van der Waals surface area contributed by atoms with Crippen LogP contribution in [0.1, 0.15) is 11.6 Å². The molecule has 0 amide bonds. The summed E-state index contributed by atoms with van der Waals surface area (Å²) in [4.78, 5) is 0. The van der Waals surface area contributed by atoms with Gasteiger partial charge in [0.2, 0.25) is 0 Å². The molecular formula is C8H7ClF4N2. The largest absolute Gasteiger partial charge is 0.409 e. The molecule has 1 atom stereocenters. The van der Waals surface area contributed by atoms with Gasteiger partial charge in [-0.3, -0.25) is 5.84 Å². The molecule has 84 valence electrons. The van der Waals surface area contributed by atoms with Crippen LogP contribution in [0.25, 0.3) is 0 Å². The summed E-state index contributed by atoms with van der Waals surface area (Å²) in [6.45, 7) is 0. The van der Waals surface area contributed by atoms with Crippen molar-refractivity contribution in [3.05, 3.63) is 34.6 Å². The first-order chi connectivity index (χ1) is 6.84. The summed E-state index contributed by atoms with van der Waals surface area (Å²) >= 11 is 5.43. The average molecular weight is 243 g/mol. The summed E-state index contributed by atoms with van der Waals surface area (Å²) in [7, 11) is 0. The molecule has 0 fully saturated rings. The van der Waals surface area contributed by atoms with E-state index in [-0.39, 0.29) is 10.6 Å². The maximum Gasteiger partial charge on any atom is 0.409 e. The number of hydrazine groups is 1. The number of rotatable bonds is 2. The second-order valence-electron chi connectivity index (χ2n) is 2.84. The molecule has 0 bridgehead atoms. The third-order valence-corrected chi connectivity index (χ3v) is 1.93. The molecule has 1 aromatic carbocycles. The van der Waals surface area contributed by atoms with Crippen LogP contribution in [0.5, 0.6) is 0 Å². The molecule has 2 nitrogen and oxygen atoms in total. The van der Waals surface area contributed by atoms with Crippen molar-refractivity contribution in [1.29, 1.82) is 0 Å². The number of nitrogens with two attached hydrogens (primary N) is 1. The quantitative estimate of drug-likeness (QED) is 0.475. The number of hydrogen-bond donors (Lipinski definition) is 2. The second kappa shape index (κ2) is 4.34. The molecule has 0 saturated carbocycles. The SMILES string of the molecule is NNC(c1cc(F)cc(Cl)c1)C(F)(F)F. The molecule has 1 aromatic rings. The van der Waals surface area contributed by atoms with E-state index in [1.54, 1.807) is 5.43 Å². The van der Waals surface area contributed by atoms with Gasteiger partial charge in [-0.05, 0) is 23.8 Å². The molecule has 1 rings (SSSR count). The number of hydrogen-bond acceptors (Lipinski definition) is 2. The molecule has 0 heterocycles. The molecule has 0 aliphatic heterocycles. The van der Waals surface area contributed by atoms with Gasteiger partial charge in [0.15, 0.2) is 0 Å². The first-order valence-electron chi connectivity index (χ1n) is 3.83. The molecule has 0 aliphatic rings. The molecular weight excluding hydrogens is 236 g/mol. The fraction of sp³-hybridized carbons (Fsp3) is 0.250. The van der Waals surface area contributed by atoms with Gasteiger partial charge in [0.1, 0.15) is 11.9 Å². The van der Waals surface area contributed by atoms with Crippen LogP contribution in [0.2, 0.25) is 5.02 Å². The smallest absolute Gasteiger partial charge is 0.271 e. The van der Waals surface area contributed by atoms with Crippen molar-refractivity contribution in [2.75, 3.05) is 0 Å². The van der Waals surface area contributed by atoms with E-state index in [0.29, 0.717) is 0 Å². The molecule has 3 N–H and O–H groups in total. The lowest BCUT2D eigenvalue weighted by Crippen LogP contribution is -2.38. The van der Waals surface area contributed by atoms with Crippen molar-refractivity contribution in [2.24, 2.45) is 5.84 Å². The van der Waals surface area contributed by atoms with Crippen LogP contribution in [0.4, 0.5) is 17.6 Å². The summed E-state index contributed by atoms with van der Waals surface area (Å²) in [5.74, 6) is 3.91. The van der Waals surface area contributed by atoms with Crippen LogP contribution >= 0.6 is 11.6 Å². The van der Waals surface area contributed by atoms with Crippen LogP contribution in [-0.4, -0.2) is 6.18 Å². The van der Waals surface area contributed by atoms with E-state index in [0.717, 1.165) is 18.2 Å². The highest BCUT2D eigenvalue weighted by atomic mass is 35.5. The van der Waals surface area contributed by atoms with Gasteiger partial charge in [0, 0.05) is 5.02 Å². The van der Waals surface area contributed by atoms with E-state index in [1.807, 2.05) is 0 Å². The Morgan fingerprint density at radius 1 is 1.27 bits per heavy atom. The highest BCUT2D eigenvalue weighted by Gasteiger charge is 2.40. The first-order valence-corrected chi connectivity index (χ1v) is 4.21. The minimum Gasteiger partial charge on any atom is -0.271 e. The van der Waals surface area contributed by atoms with Gasteiger partial charge in [-0.15, -0.1) is 0 Å². The van der Waals surface area contributed by atoms with Crippen molar-refractivity contribution < 1.29 is 17.6 Å². The maximum absolute atomic E-state index is 12.8. The van der Waals surface area contributed by atoms with Gasteiger partial charge in [0.05, 0.1) is 0 Å². The Bertz CT molecular complexity index is 333. The van der Waals surface area contributed by atoms with Crippen LogP contribution in [0, 0.1) is 5.82 Å². The highest BCUT2D eigenvalue weighted by molar-refractivity contribution is 6.30. The van der Waals surface area contributed by atoms with Gasteiger partial charge in [-0.25, -0.2) is 9.82 Å². The fourth-order valence-corrected chi connectivity index (χ4v) is 1.35. The monoisotopic (exact) mass is 242 g/mol. The van der Waals surface area contributed by atoms with Crippen molar-refractivity contribution in [1.82, 2.24) is 5.43 Å². The molecule has 15 heavy (non-hydrogen) atoms. The van der Waals surface area contributed by atoms with E-state index in [2.05, 4.69) is 0 Å². The zero-order chi connectivity index (χ0) is 11.6. The van der Waals surface area contributed by atoms with Crippen LogP contribution < -0.4 is 11.3 Å². The van der Waals surface area contributed by atoms with Crippen LogP contribution in [0.3, 0.4) is 0 Å². The lowest BCUT2D eigenvalue weighted by molar-refractivity contribution is -0.157. The van der Waals surface area contributed by atoms with Gasteiger partial charge in [-0.2, -0.15) is 13.2 Å². The van der Waals surface area contributed by atoms with E-state index in [4.69, 9.17) is 17.4 Å². The lowest BCUT2D eigenvalue weighted by atomic mass is 10.1. The Morgan fingerprint density at radius 3 is 2.27 bits per heavy atom. The van der Waals surface area contributed by atoms with Crippen molar-refractivity contribution >= 4 is 11.6 Å². The summed E-state index contributed by atoms with van der Waals surface area (Å²) < 4.78 is 49.9. The standard InChI is InChI=1S/C8H7ClF4N2/c9-5-1-4(2-6(10)3-5)7(15-14)8(11,12)13/h1-3,7,15H,14H2. The topological polar surface area (TPSA) is 38.0 Å². The van der Waals surface area contributed by atoms with Gasteiger partial charge < -0.3 is 0 Å². The third kappa shape index (κ3) is 3.05. The molecule has 0 aromatic heterocycles. The number of halogens is 5. The Morgan fingerprint density at radius 2 is 1.87 bits per heavy atom. The Balaban J connectivity index is 3.13. The van der Waals surface area contributed by atoms with Gasteiger partial charge in [0.25, 0.3) is 0 Å². The Kier molecular flexibility index (Phi) is 3.54. The summed E-state index contributed by atoms with van der Waals surface area (Å²) in [5, 5.41) is -0.116. The van der Waals surface area contributed by atoms with E-state index in [9.17, 15) is 17.6 Å². The number of alkyl halides is 3. The normalized spacial score (nSPS) is 14.0. The molecule has 0 saturated heterocycles. The zero-order valence-corrected chi connectivity index (χ0v) is 8.03. The van der Waals surface area contributed by atoms with E-state index >= 15 is 0 Å². The van der Waals surface area contributed by atoms with Gasteiger partial charge >= 0.3 is 6.18 Å². The predicted molar refractivity (Wildman–Crippen MR) is 47.5 cm³/mol. The molecule has 0 radical (unpaired) electrons. The molecule has 0 aliphatic carbocycles. The molecule has 0 spiro atoms. The fourth-order valence-electron chi connectivity index (χ4n) is 1.12. The van der Waals surface area contributed by atoms with Crippen molar-refractivity contribution in [2.45, 2.75) is 12.2 Å². The van der Waals surface area contributed by atoms with Gasteiger partial charge in [-0.1, -0.05) is 11.6 Å². The summed E-state index contributed by atoms with van der Waals surface area (Å²) in [6.07, 6.45) is -4.61. The van der Waals surface area contributed by atoms with E-state index in [1.165, 1.54) is 0 Å². The summed E-state index contributed by atoms with van der Waals surface area (Å²) in [5.41, 5.74) is 1.20. The number of benzene rings is 1. The van der Waals surface area contributed by atoms with Crippen LogP contribution in [-0.2, 0) is 0 Å². The summed E-state index contributed by atoms with van der Waals surface area (Å²) in [6, 6.07) is 0.507. The minimum absolute atomic E-state index is 0.116. The zero-order valence-electron chi connectivity index (χ0n) is 7.28. The van der Waals surface area contributed by atoms with E-state index < -0.39 is 18.0 Å². The number of nitrogens with one attached hydrogen (secondary N) is 1. The third-order valence-electron chi connectivity index (χ3n) is 1.71. The molecule has 1 unspecified atom stereocenters. The average Bonchev–Trinajstić information content (AvgIpc) is 1.99. The maximum atomic E-state index is 12.8. The minimum atomic E-state index is -4.61. The first kappa shape index (κ1) is 12.2. The highest BCUT2D eigenvalue weighted by Crippen LogP contribution is 2.33.